The molecule has 0 aromatic heterocycles. The van der Waals surface area contributed by atoms with Crippen molar-refractivity contribution in [2.24, 2.45) is 5.92 Å². The van der Waals surface area contributed by atoms with E-state index in [2.05, 4.69) is 0 Å². The lowest BCUT2D eigenvalue weighted by molar-refractivity contribution is -0.144. The molecule has 1 aliphatic carbocycles. The first-order valence-electron chi connectivity index (χ1n) is 2.82. The molecule has 2 heteroatoms. The fourth-order valence-corrected chi connectivity index (χ4v) is 0.923. The van der Waals surface area contributed by atoms with Crippen molar-refractivity contribution in [1.82, 2.24) is 0 Å². The minimum Gasteiger partial charge on any atom is -0.374 e. The molecule has 46 valence electrons. The third-order valence-electron chi connectivity index (χ3n) is 1.66. The molecule has 0 unspecified atom stereocenters. The molecular weight excluding hydrogens is 104 g/mol. The summed E-state index contributed by atoms with van der Waals surface area (Å²) >= 11 is 0. The van der Waals surface area contributed by atoms with Gasteiger partial charge < -0.3 is 4.74 Å². The Morgan fingerprint density at radius 1 is 1.75 bits per heavy atom. The summed E-state index contributed by atoms with van der Waals surface area (Å²) in [5, 5.41) is 0. The van der Waals surface area contributed by atoms with Crippen LogP contribution in [0.15, 0.2) is 0 Å². The van der Waals surface area contributed by atoms with E-state index < -0.39 is 0 Å². The highest BCUT2D eigenvalue weighted by molar-refractivity contribution is 5.90. The van der Waals surface area contributed by atoms with Gasteiger partial charge in [0.25, 0.3) is 0 Å². The van der Waals surface area contributed by atoms with Gasteiger partial charge in [0.05, 0.1) is 0 Å². The Kier molecular flexibility index (Phi) is 1.34. The molecule has 0 aromatic carbocycles. The van der Waals surface area contributed by atoms with Gasteiger partial charge in [-0.25, -0.2) is 0 Å². The van der Waals surface area contributed by atoms with Gasteiger partial charge in [-0.05, 0) is 6.42 Å². The Morgan fingerprint density at radius 3 is 2.50 bits per heavy atom. The van der Waals surface area contributed by atoms with Gasteiger partial charge in [-0.15, -0.1) is 0 Å². The maximum Gasteiger partial charge on any atom is 0.164 e. The molecule has 0 aliphatic heterocycles. The highest BCUT2D eigenvalue weighted by Gasteiger charge is 2.35. The molecule has 0 saturated heterocycles. The van der Waals surface area contributed by atoms with Crippen LogP contribution in [0.3, 0.4) is 0 Å². The number of hydrogen-bond donors (Lipinski definition) is 0. The Bertz CT molecular complexity index is 109. The lowest BCUT2D eigenvalue weighted by Gasteiger charge is -2.28. The maximum atomic E-state index is 10.7. The van der Waals surface area contributed by atoms with Gasteiger partial charge in [-0.3, -0.25) is 4.79 Å². The molecular formula is C6H10O2. The summed E-state index contributed by atoms with van der Waals surface area (Å²) in [7, 11) is 1.58. The first-order valence-corrected chi connectivity index (χ1v) is 2.82. The van der Waals surface area contributed by atoms with Crippen LogP contribution in [0.5, 0.6) is 0 Å². The molecule has 0 bridgehead atoms. The molecule has 8 heavy (non-hydrogen) atoms. The summed E-state index contributed by atoms with van der Waals surface area (Å²) in [6, 6.07) is 0. The van der Waals surface area contributed by atoms with Crippen LogP contribution < -0.4 is 0 Å². The van der Waals surface area contributed by atoms with Crippen LogP contribution in [-0.2, 0) is 9.53 Å². The predicted molar refractivity (Wildman–Crippen MR) is 29.6 cm³/mol. The van der Waals surface area contributed by atoms with Crippen LogP contribution in [-0.4, -0.2) is 19.0 Å². The SMILES string of the molecule is CO[C@H]1C[C@@H](C)C1=O. The minimum atomic E-state index is -0.0787. The number of methoxy groups -OCH3 is 1. The number of ether oxygens (including phenoxy) is 1. The highest BCUT2D eigenvalue weighted by Crippen LogP contribution is 2.24. The number of hydrogen-bond acceptors (Lipinski definition) is 2. The first-order chi connectivity index (χ1) is 3.75. The Labute approximate surface area is 48.8 Å². The molecule has 2 nitrogen and oxygen atoms in total. The smallest absolute Gasteiger partial charge is 0.164 e. The number of ketones is 1. The van der Waals surface area contributed by atoms with Gasteiger partial charge in [-0.2, -0.15) is 0 Å². The van der Waals surface area contributed by atoms with Crippen molar-refractivity contribution >= 4 is 5.78 Å². The number of Topliss-reactive ketones (excluding diaryl/α,β-unsaturated/α-hetero) is 1. The maximum absolute atomic E-state index is 10.7. The Morgan fingerprint density at radius 2 is 2.38 bits per heavy atom. The summed E-state index contributed by atoms with van der Waals surface area (Å²) in [4.78, 5) is 10.7. The number of carbonyl (C=O) groups is 1. The Hall–Kier alpha value is -0.370. The van der Waals surface area contributed by atoms with E-state index in [0.717, 1.165) is 6.42 Å². The molecule has 0 heterocycles. The van der Waals surface area contributed by atoms with Gasteiger partial charge in [0, 0.05) is 13.0 Å². The largest absolute Gasteiger partial charge is 0.374 e. The molecule has 0 radical (unpaired) electrons. The van der Waals surface area contributed by atoms with E-state index >= 15 is 0 Å². The molecule has 1 saturated carbocycles. The molecule has 0 aromatic rings. The fourth-order valence-electron chi connectivity index (χ4n) is 0.923. The Balaban J connectivity index is 2.36. The molecule has 0 amide bonds. The standard InChI is InChI=1S/C6H10O2/c1-4-3-5(8-2)6(4)7/h4-5H,3H2,1-2H3/t4-,5+/m1/s1. The van der Waals surface area contributed by atoms with Crippen molar-refractivity contribution in [2.75, 3.05) is 7.11 Å². The molecule has 0 spiro atoms. The summed E-state index contributed by atoms with van der Waals surface area (Å²) in [6.07, 6.45) is 0.833. The first kappa shape index (κ1) is 5.76. The van der Waals surface area contributed by atoms with E-state index in [4.69, 9.17) is 4.74 Å². The fraction of sp³-hybridized carbons (Fsp3) is 0.833. The van der Waals surface area contributed by atoms with E-state index in [1.54, 1.807) is 7.11 Å². The van der Waals surface area contributed by atoms with Crippen LogP contribution >= 0.6 is 0 Å². The van der Waals surface area contributed by atoms with Gasteiger partial charge in [0.1, 0.15) is 6.10 Å². The summed E-state index contributed by atoms with van der Waals surface area (Å²) < 4.78 is 4.82. The van der Waals surface area contributed by atoms with Crippen molar-refractivity contribution in [3.63, 3.8) is 0 Å². The zero-order valence-electron chi connectivity index (χ0n) is 5.18. The topological polar surface area (TPSA) is 26.3 Å². The van der Waals surface area contributed by atoms with Crippen LogP contribution in [0.2, 0.25) is 0 Å². The highest BCUT2D eigenvalue weighted by atomic mass is 16.5. The van der Waals surface area contributed by atoms with E-state index in [1.807, 2.05) is 6.92 Å². The molecule has 1 rings (SSSR count). The monoisotopic (exact) mass is 114 g/mol. The van der Waals surface area contributed by atoms with E-state index in [-0.39, 0.29) is 17.8 Å². The van der Waals surface area contributed by atoms with Gasteiger partial charge in [0.2, 0.25) is 0 Å². The minimum absolute atomic E-state index is 0.0787. The van der Waals surface area contributed by atoms with E-state index in [9.17, 15) is 4.79 Å². The van der Waals surface area contributed by atoms with Crippen LogP contribution in [0, 0.1) is 5.92 Å². The van der Waals surface area contributed by atoms with Crippen LogP contribution in [0.4, 0.5) is 0 Å². The lowest BCUT2D eigenvalue weighted by Crippen LogP contribution is -2.41. The van der Waals surface area contributed by atoms with Gasteiger partial charge in [-0.1, -0.05) is 6.92 Å². The zero-order valence-corrected chi connectivity index (χ0v) is 5.18. The van der Waals surface area contributed by atoms with Crippen LogP contribution in [0.1, 0.15) is 13.3 Å². The number of rotatable bonds is 1. The van der Waals surface area contributed by atoms with Crippen molar-refractivity contribution < 1.29 is 9.53 Å². The quantitative estimate of drug-likeness (QED) is 0.499. The van der Waals surface area contributed by atoms with Gasteiger partial charge >= 0.3 is 0 Å². The zero-order chi connectivity index (χ0) is 6.15. The van der Waals surface area contributed by atoms with Crippen molar-refractivity contribution in [3.8, 4) is 0 Å². The average Bonchev–Trinajstić information content (AvgIpc) is 1.81. The average molecular weight is 114 g/mol. The normalized spacial score (nSPS) is 37.0. The van der Waals surface area contributed by atoms with Crippen molar-refractivity contribution in [2.45, 2.75) is 19.4 Å². The van der Waals surface area contributed by atoms with Crippen molar-refractivity contribution in [1.29, 1.82) is 0 Å². The molecule has 2 atom stereocenters. The lowest BCUT2D eigenvalue weighted by atomic mass is 9.82. The number of carbonyl (C=O) groups excluding carboxylic acids is 1. The van der Waals surface area contributed by atoms with Crippen LogP contribution in [0.25, 0.3) is 0 Å². The van der Waals surface area contributed by atoms with Gasteiger partial charge in [0.15, 0.2) is 5.78 Å². The molecule has 0 N–H and O–H groups in total. The summed E-state index contributed by atoms with van der Waals surface area (Å²) in [5.41, 5.74) is 0. The molecule has 1 fully saturated rings. The molecule has 1 aliphatic rings. The van der Waals surface area contributed by atoms with Crippen molar-refractivity contribution in [3.05, 3.63) is 0 Å². The van der Waals surface area contributed by atoms with E-state index in [1.165, 1.54) is 0 Å². The summed E-state index contributed by atoms with van der Waals surface area (Å²) in [6.45, 7) is 1.93. The third kappa shape index (κ3) is 0.650. The summed E-state index contributed by atoms with van der Waals surface area (Å²) in [5.74, 6) is 0.507. The predicted octanol–water partition coefficient (Wildman–Crippen LogP) is 0.610. The second kappa shape index (κ2) is 1.86. The third-order valence-corrected chi connectivity index (χ3v) is 1.66. The second-order valence-electron chi connectivity index (χ2n) is 2.26. The second-order valence-corrected chi connectivity index (χ2v) is 2.26. The van der Waals surface area contributed by atoms with E-state index in [0.29, 0.717) is 0 Å².